The van der Waals surface area contributed by atoms with Crippen molar-refractivity contribution >= 4 is 32.6 Å². The van der Waals surface area contributed by atoms with Crippen LogP contribution in [0.5, 0.6) is 0 Å². The lowest BCUT2D eigenvalue weighted by atomic mass is 10.2. The highest BCUT2D eigenvalue weighted by Crippen LogP contribution is 2.29. The first-order valence-corrected chi connectivity index (χ1v) is 8.54. The minimum atomic E-state index is 0.791. The third-order valence-corrected chi connectivity index (χ3v) is 4.71. The topological polar surface area (TPSA) is 79.4 Å². The summed E-state index contributed by atoms with van der Waals surface area (Å²) in [5.74, 6) is 0.805. The van der Waals surface area contributed by atoms with Crippen LogP contribution in [0.4, 0.5) is 10.9 Å². The molecule has 0 fully saturated rings. The van der Waals surface area contributed by atoms with Gasteiger partial charge in [0.1, 0.15) is 16.2 Å². The lowest BCUT2D eigenvalue weighted by Gasteiger charge is -2.02. The summed E-state index contributed by atoms with van der Waals surface area (Å²) in [6.45, 7) is 4.11. The Bertz CT molecular complexity index is 1000. The largest absolute Gasteiger partial charge is 0.316 e. The van der Waals surface area contributed by atoms with Crippen molar-refractivity contribution < 1.29 is 0 Å². The second-order valence-corrected chi connectivity index (χ2v) is 6.45. The zero-order valence-corrected chi connectivity index (χ0v) is 14.2. The number of anilines is 2. The number of aryl methyl sites for hydroxylation is 2. The monoisotopic (exact) mass is 336 g/mol. The molecule has 4 heterocycles. The molecule has 4 aromatic rings. The maximum Gasteiger partial charge on any atom is 0.190 e. The molecule has 0 aliphatic carbocycles. The van der Waals surface area contributed by atoms with E-state index in [0.29, 0.717) is 0 Å². The van der Waals surface area contributed by atoms with Crippen LogP contribution in [0.25, 0.3) is 21.6 Å². The van der Waals surface area contributed by atoms with Gasteiger partial charge in [-0.25, -0.2) is 15.0 Å². The van der Waals surface area contributed by atoms with Crippen molar-refractivity contribution in [3.05, 3.63) is 47.9 Å². The van der Waals surface area contributed by atoms with Crippen molar-refractivity contribution in [2.45, 2.75) is 20.3 Å². The molecule has 6 nitrogen and oxygen atoms in total. The zero-order valence-electron chi connectivity index (χ0n) is 13.4. The Morgan fingerprint density at radius 1 is 1.21 bits per heavy atom. The number of hydrogen-bond donors (Lipinski definition) is 2. The lowest BCUT2D eigenvalue weighted by molar-refractivity contribution is 1.05. The van der Waals surface area contributed by atoms with E-state index in [0.717, 1.165) is 44.7 Å². The third kappa shape index (κ3) is 2.74. The highest BCUT2D eigenvalue weighted by Gasteiger charge is 2.10. The first-order chi connectivity index (χ1) is 11.7. The molecule has 7 heteroatoms. The standard InChI is InChI=1S/C17H16N6S/c1-3-11-6-7-18-15(8-11)22-17-21-14-5-4-13(20-16(14)24-17)12-9-19-23-10(12)2/h4-9H,3H2,1-2H3,(H,19,23)(H,18,21,22). The number of nitrogens with one attached hydrogen (secondary N) is 2. The average molecular weight is 336 g/mol. The number of pyridine rings is 2. The predicted octanol–water partition coefficient (Wildman–Crippen LogP) is 4.09. The Hall–Kier alpha value is -2.80. The Morgan fingerprint density at radius 2 is 2.12 bits per heavy atom. The molecule has 0 radical (unpaired) electrons. The molecular weight excluding hydrogens is 320 g/mol. The predicted molar refractivity (Wildman–Crippen MR) is 96.6 cm³/mol. The number of aromatic amines is 1. The molecule has 0 spiro atoms. The zero-order chi connectivity index (χ0) is 16.5. The fourth-order valence-corrected chi connectivity index (χ4v) is 3.35. The summed E-state index contributed by atoms with van der Waals surface area (Å²) < 4.78 is 0. The molecule has 0 saturated carbocycles. The Kier molecular flexibility index (Phi) is 3.70. The van der Waals surface area contributed by atoms with E-state index in [1.807, 2.05) is 37.4 Å². The second kappa shape index (κ2) is 6.01. The molecule has 0 atom stereocenters. The average Bonchev–Trinajstić information content (AvgIpc) is 3.19. The molecule has 2 N–H and O–H groups in total. The van der Waals surface area contributed by atoms with Gasteiger partial charge in [0.15, 0.2) is 5.13 Å². The van der Waals surface area contributed by atoms with E-state index in [1.165, 1.54) is 16.9 Å². The molecule has 0 aliphatic rings. The van der Waals surface area contributed by atoms with Gasteiger partial charge in [0.2, 0.25) is 0 Å². The van der Waals surface area contributed by atoms with Crippen LogP contribution < -0.4 is 5.32 Å². The molecule has 4 rings (SSSR count). The van der Waals surface area contributed by atoms with Crippen molar-refractivity contribution in [1.29, 1.82) is 0 Å². The van der Waals surface area contributed by atoms with Crippen LogP contribution in [0.2, 0.25) is 0 Å². The van der Waals surface area contributed by atoms with Gasteiger partial charge in [0.05, 0.1) is 11.9 Å². The number of thiazole rings is 1. The maximum absolute atomic E-state index is 4.71. The highest BCUT2D eigenvalue weighted by molar-refractivity contribution is 7.21. The van der Waals surface area contributed by atoms with E-state index in [-0.39, 0.29) is 0 Å². The Morgan fingerprint density at radius 3 is 2.92 bits per heavy atom. The van der Waals surface area contributed by atoms with Gasteiger partial charge in [-0.15, -0.1) is 0 Å². The van der Waals surface area contributed by atoms with E-state index in [2.05, 4.69) is 32.4 Å². The van der Waals surface area contributed by atoms with Gasteiger partial charge in [0.25, 0.3) is 0 Å². The number of hydrogen-bond acceptors (Lipinski definition) is 6. The minimum Gasteiger partial charge on any atom is -0.316 e. The maximum atomic E-state index is 4.71. The molecule has 0 saturated heterocycles. The minimum absolute atomic E-state index is 0.791. The normalized spacial score (nSPS) is 11.1. The van der Waals surface area contributed by atoms with Gasteiger partial charge >= 0.3 is 0 Å². The van der Waals surface area contributed by atoms with Crippen molar-refractivity contribution in [1.82, 2.24) is 25.1 Å². The fraction of sp³-hybridized carbons (Fsp3) is 0.176. The molecule has 0 aromatic carbocycles. The first kappa shape index (κ1) is 14.8. The smallest absolute Gasteiger partial charge is 0.190 e. The van der Waals surface area contributed by atoms with Crippen molar-refractivity contribution in [2.24, 2.45) is 0 Å². The van der Waals surface area contributed by atoms with Crippen LogP contribution in [-0.4, -0.2) is 25.1 Å². The number of rotatable bonds is 4. The number of fused-ring (bicyclic) bond motifs is 1. The fourth-order valence-electron chi connectivity index (χ4n) is 2.50. The van der Waals surface area contributed by atoms with E-state index in [4.69, 9.17) is 4.98 Å². The van der Waals surface area contributed by atoms with Crippen LogP contribution in [0.15, 0.2) is 36.7 Å². The number of nitrogens with zero attached hydrogens (tertiary/aromatic N) is 4. The molecule has 120 valence electrons. The SMILES string of the molecule is CCc1ccnc(Nc2nc3ccc(-c4cn[nH]c4C)nc3s2)c1. The Labute approximate surface area is 143 Å². The molecule has 0 unspecified atom stereocenters. The van der Waals surface area contributed by atoms with E-state index in [1.54, 1.807) is 6.20 Å². The molecular formula is C17H16N6S. The van der Waals surface area contributed by atoms with Gasteiger partial charge in [-0.05, 0) is 43.2 Å². The van der Waals surface area contributed by atoms with E-state index >= 15 is 0 Å². The molecule has 0 amide bonds. The molecule has 0 aliphatic heterocycles. The second-order valence-electron chi connectivity index (χ2n) is 5.48. The van der Waals surface area contributed by atoms with E-state index < -0.39 is 0 Å². The summed E-state index contributed by atoms with van der Waals surface area (Å²) in [6.07, 6.45) is 4.59. The van der Waals surface area contributed by atoms with Gasteiger partial charge in [-0.1, -0.05) is 18.3 Å². The summed E-state index contributed by atoms with van der Waals surface area (Å²) >= 11 is 1.52. The summed E-state index contributed by atoms with van der Waals surface area (Å²) in [5, 5.41) is 11.1. The van der Waals surface area contributed by atoms with Crippen LogP contribution in [0.3, 0.4) is 0 Å². The summed E-state index contributed by atoms with van der Waals surface area (Å²) in [4.78, 5) is 14.5. The lowest BCUT2D eigenvalue weighted by Crippen LogP contribution is -1.93. The molecule has 24 heavy (non-hydrogen) atoms. The van der Waals surface area contributed by atoms with Crippen molar-refractivity contribution in [3.8, 4) is 11.3 Å². The van der Waals surface area contributed by atoms with Crippen LogP contribution in [0.1, 0.15) is 18.2 Å². The summed E-state index contributed by atoms with van der Waals surface area (Å²) in [6, 6.07) is 8.02. The summed E-state index contributed by atoms with van der Waals surface area (Å²) in [7, 11) is 0. The molecule has 4 aromatic heterocycles. The quantitative estimate of drug-likeness (QED) is 0.587. The molecule has 0 bridgehead atoms. The van der Waals surface area contributed by atoms with Crippen molar-refractivity contribution in [2.75, 3.05) is 5.32 Å². The van der Waals surface area contributed by atoms with E-state index in [9.17, 15) is 0 Å². The highest BCUT2D eigenvalue weighted by atomic mass is 32.1. The van der Waals surface area contributed by atoms with Crippen LogP contribution in [0, 0.1) is 6.92 Å². The number of aromatic nitrogens is 5. The Balaban J connectivity index is 1.67. The van der Waals surface area contributed by atoms with Crippen molar-refractivity contribution in [3.63, 3.8) is 0 Å². The van der Waals surface area contributed by atoms with Crippen LogP contribution in [-0.2, 0) is 6.42 Å². The van der Waals surface area contributed by atoms with Gasteiger partial charge in [0, 0.05) is 17.5 Å². The van der Waals surface area contributed by atoms with Gasteiger partial charge < -0.3 is 5.32 Å². The summed E-state index contributed by atoms with van der Waals surface area (Å²) in [5.41, 5.74) is 5.03. The third-order valence-electron chi connectivity index (χ3n) is 3.83. The number of H-pyrrole nitrogens is 1. The van der Waals surface area contributed by atoms with Gasteiger partial charge in [-0.2, -0.15) is 5.10 Å². The first-order valence-electron chi connectivity index (χ1n) is 7.73. The van der Waals surface area contributed by atoms with Crippen LogP contribution >= 0.6 is 11.3 Å². The van der Waals surface area contributed by atoms with Gasteiger partial charge in [-0.3, -0.25) is 5.10 Å².